The molecular weight excluding hydrogens is 268 g/mol. The molecule has 0 aliphatic heterocycles. The van der Waals surface area contributed by atoms with Gasteiger partial charge in [-0.25, -0.2) is 4.98 Å². The molecule has 0 spiro atoms. The maximum atomic E-state index is 12.3. The van der Waals surface area contributed by atoms with Gasteiger partial charge in [0.15, 0.2) is 11.4 Å². The molecule has 21 heavy (non-hydrogen) atoms. The van der Waals surface area contributed by atoms with E-state index in [1.807, 2.05) is 13.8 Å². The van der Waals surface area contributed by atoms with Crippen LogP contribution < -0.4 is 10.9 Å². The molecule has 0 radical (unpaired) electrons. The first-order valence-corrected chi connectivity index (χ1v) is 6.62. The van der Waals surface area contributed by atoms with Crippen LogP contribution in [-0.2, 0) is 0 Å². The highest BCUT2D eigenvalue weighted by Gasteiger charge is 2.14. The van der Waals surface area contributed by atoms with Crippen LogP contribution in [0.3, 0.4) is 0 Å². The molecule has 6 nitrogen and oxygen atoms in total. The van der Waals surface area contributed by atoms with Crippen LogP contribution in [0, 0.1) is 5.41 Å². The highest BCUT2D eigenvalue weighted by atomic mass is 16.3. The average Bonchev–Trinajstić information content (AvgIpc) is 2.46. The van der Waals surface area contributed by atoms with E-state index in [-0.39, 0.29) is 22.9 Å². The molecule has 2 aromatic rings. The van der Waals surface area contributed by atoms with Crippen molar-refractivity contribution in [2.45, 2.75) is 19.8 Å². The van der Waals surface area contributed by atoms with Gasteiger partial charge in [-0.15, -0.1) is 0 Å². The Morgan fingerprint density at radius 2 is 2.24 bits per heavy atom. The van der Waals surface area contributed by atoms with Crippen LogP contribution in [0.5, 0.6) is 5.75 Å². The summed E-state index contributed by atoms with van der Waals surface area (Å²) in [5.74, 6) is -0.0556. The Hall–Kier alpha value is -2.63. The third kappa shape index (κ3) is 2.52. The number of aromatic nitrogens is 2. The summed E-state index contributed by atoms with van der Waals surface area (Å²) in [7, 11) is 1.71. The summed E-state index contributed by atoms with van der Waals surface area (Å²) in [5, 5.41) is 20.6. The number of hydrogen-bond donors (Lipinski definition) is 3. The first-order valence-electron chi connectivity index (χ1n) is 6.62. The number of pyridine rings is 1. The largest absolute Gasteiger partial charge is 0.504 e. The quantitative estimate of drug-likeness (QED) is 0.747. The van der Waals surface area contributed by atoms with Gasteiger partial charge in [-0.05, 0) is 12.0 Å². The van der Waals surface area contributed by atoms with Crippen molar-refractivity contribution in [3.8, 4) is 5.75 Å². The van der Waals surface area contributed by atoms with Crippen molar-refractivity contribution >= 4 is 17.4 Å². The monoisotopic (exact) mass is 286 g/mol. The van der Waals surface area contributed by atoms with E-state index in [0.29, 0.717) is 16.7 Å². The smallest absolute Gasteiger partial charge is 0.261 e. The van der Waals surface area contributed by atoms with Crippen LogP contribution in [0.25, 0.3) is 11.2 Å². The number of aromatic hydroxyl groups is 1. The second kappa shape index (κ2) is 5.78. The van der Waals surface area contributed by atoms with Crippen molar-refractivity contribution in [2.24, 2.45) is 0 Å². The summed E-state index contributed by atoms with van der Waals surface area (Å²) in [5.41, 5.74) is 1.54. The molecule has 2 heterocycles. The predicted octanol–water partition coefficient (Wildman–Crippen LogP) is 1.73. The fraction of sp³-hybridized carbons (Fsp3) is 0.267. The summed E-state index contributed by atoms with van der Waals surface area (Å²) in [6, 6.07) is 1.60. The second-order valence-electron chi connectivity index (χ2n) is 4.98. The molecule has 0 aliphatic carbocycles. The van der Waals surface area contributed by atoms with Crippen LogP contribution in [0.2, 0.25) is 0 Å². The summed E-state index contributed by atoms with van der Waals surface area (Å²) < 4.78 is 1.33. The molecule has 0 aliphatic rings. The molecule has 110 valence electrons. The highest BCUT2D eigenvalue weighted by Crippen LogP contribution is 2.26. The standard InChI is InChI=1S/C15H18N4O2/c1-9(2)12-8-18-14-13(20)11(10(6-16)7-17-3)4-5-19(14)15(12)21/h4-9,16-17,20H,1-3H3/b10-7+,16-6?. The van der Waals surface area contributed by atoms with E-state index in [2.05, 4.69) is 10.3 Å². The molecular formula is C15H18N4O2. The predicted molar refractivity (Wildman–Crippen MR) is 83.0 cm³/mol. The van der Waals surface area contributed by atoms with Crippen LogP contribution >= 0.6 is 0 Å². The van der Waals surface area contributed by atoms with Gasteiger partial charge in [-0.1, -0.05) is 13.8 Å². The minimum Gasteiger partial charge on any atom is -0.504 e. The van der Waals surface area contributed by atoms with Crippen molar-refractivity contribution in [2.75, 3.05) is 7.05 Å². The lowest BCUT2D eigenvalue weighted by Crippen LogP contribution is -2.20. The topological polar surface area (TPSA) is 90.5 Å². The number of rotatable bonds is 4. The van der Waals surface area contributed by atoms with E-state index in [0.717, 1.165) is 6.21 Å². The van der Waals surface area contributed by atoms with Crippen molar-refractivity contribution in [1.82, 2.24) is 14.7 Å². The summed E-state index contributed by atoms with van der Waals surface area (Å²) in [6.45, 7) is 3.84. The molecule has 0 bridgehead atoms. The van der Waals surface area contributed by atoms with E-state index in [4.69, 9.17) is 5.41 Å². The van der Waals surface area contributed by atoms with E-state index in [1.54, 1.807) is 25.5 Å². The Morgan fingerprint density at radius 3 is 2.81 bits per heavy atom. The molecule has 2 aromatic heterocycles. The van der Waals surface area contributed by atoms with Crippen molar-refractivity contribution in [1.29, 1.82) is 5.41 Å². The Bertz CT molecular complexity index is 775. The molecule has 2 rings (SSSR count). The van der Waals surface area contributed by atoms with Gasteiger partial charge in [0, 0.05) is 48.6 Å². The second-order valence-corrected chi connectivity index (χ2v) is 4.98. The van der Waals surface area contributed by atoms with Crippen LogP contribution in [0.15, 0.2) is 29.5 Å². The Kier molecular flexibility index (Phi) is 4.07. The molecule has 0 aromatic carbocycles. The first-order chi connectivity index (χ1) is 10.0. The maximum Gasteiger partial charge on any atom is 0.261 e. The van der Waals surface area contributed by atoms with Gasteiger partial charge in [0.2, 0.25) is 0 Å². The SMILES string of the molecule is CN/C=C(\C=N)c1ccn2c(=O)c(C(C)C)cnc2c1O. The van der Waals surface area contributed by atoms with Crippen LogP contribution in [0.4, 0.5) is 0 Å². The Morgan fingerprint density at radius 1 is 1.52 bits per heavy atom. The molecule has 0 saturated heterocycles. The average molecular weight is 286 g/mol. The molecule has 0 atom stereocenters. The number of fused-ring (bicyclic) bond motifs is 1. The normalized spacial score (nSPS) is 11.9. The van der Waals surface area contributed by atoms with E-state index >= 15 is 0 Å². The minimum absolute atomic E-state index is 0.0602. The molecule has 0 amide bonds. The molecule has 0 fully saturated rings. The maximum absolute atomic E-state index is 12.3. The number of nitrogens with one attached hydrogen (secondary N) is 2. The van der Waals surface area contributed by atoms with Gasteiger partial charge >= 0.3 is 0 Å². The van der Waals surface area contributed by atoms with Gasteiger partial charge in [0.1, 0.15) is 0 Å². The van der Waals surface area contributed by atoms with Gasteiger partial charge in [0.05, 0.1) is 0 Å². The van der Waals surface area contributed by atoms with E-state index in [9.17, 15) is 9.90 Å². The number of nitrogens with zero attached hydrogens (tertiary/aromatic N) is 2. The zero-order chi connectivity index (χ0) is 15.6. The van der Waals surface area contributed by atoms with Gasteiger partial charge in [-0.2, -0.15) is 0 Å². The Balaban J connectivity index is 2.75. The number of allylic oxidation sites excluding steroid dienone is 1. The summed E-state index contributed by atoms with van der Waals surface area (Å²) in [6.07, 6.45) is 5.79. The third-order valence-corrected chi connectivity index (χ3v) is 3.27. The van der Waals surface area contributed by atoms with Crippen LogP contribution in [0.1, 0.15) is 30.9 Å². The minimum atomic E-state index is -0.189. The molecule has 3 N–H and O–H groups in total. The van der Waals surface area contributed by atoms with Gasteiger partial charge < -0.3 is 15.8 Å². The Labute approximate surface area is 122 Å². The molecule has 0 unspecified atom stereocenters. The van der Waals surface area contributed by atoms with E-state index < -0.39 is 0 Å². The van der Waals surface area contributed by atoms with Crippen LogP contribution in [-0.4, -0.2) is 27.8 Å². The fourth-order valence-corrected chi connectivity index (χ4v) is 2.13. The van der Waals surface area contributed by atoms with Crippen molar-refractivity contribution in [3.63, 3.8) is 0 Å². The first kappa shape index (κ1) is 14.8. The lowest BCUT2D eigenvalue weighted by Gasteiger charge is -2.11. The van der Waals surface area contributed by atoms with E-state index in [1.165, 1.54) is 10.6 Å². The fourth-order valence-electron chi connectivity index (χ4n) is 2.13. The zero-order valence-corrected chi connectivity index (χ0v) is 12.2. The number of hydrogen-bond acceptors (Lipinski definition) is 5. The van der Waals surface area contributed by atoms with Gasteiger partial charge in [-0.3, -0.25) is 9.20 Å². The lowest BCUT2D eigenvalue weighted by molar-refractivity contribution is 0.475. The van der Waals surface area contributed by atoms with Crippen molar-refractivity contribution < 1.29 is 5.11 Å². The summed E-state index contributed by atoms with van der Waals surface area (Å²) >= 11 is 0. The summed E-state index contributed by atoms with van der Waals surface area (Å²) in [4.78, 5) is 16.5. The molecule has 0 saturated carbocycles. The zero-order valence-electron chi connectivity index (χ0n) is 12.2. The third-order valence-electron chi connectivity index (χ3n) is 3.27. The lowest BCUT2D eigenvalue weighted by atomic mass is 10.1. The van der Waals surface area contributed by atoms with Crippen molar-refractivity contribution in [3.05, 3.63) is 46.1 Å². The molecule has 6 heteroatoms. The highest BCUT2D eigenvalue weighted by molar-refractivity contribution is 6.09. The van der Waals surface area contributed by atoms with Gasteiger partial charge in [0.25, 0.3) is 5.56 Å².